The van der Waals surface area contributed by atoms with Crippen LogP contribution in [-0.4, -0.2) is 5.84 Å². The number of nitrogens with zero attached hydrogens (tertiary/aromatic N) is 1. The minimum absolute atomic E-state index is 0.0556. The molecule has 42 valence electrons. The minimum Gasteiger partial charge on any atom is -0.623 e. The Morgan fingerprint density at radius 2 is 2.62 bits per heavy atom. The van der Waals surface area contributed by atoms with Gasteiger partial charge in [-0.2, -0.15) is 4.99 Å². The predicted molar refractivity (Wildman–Crippen MR) is 31.1 cm³/mol. The van der Waals surface area contributed by atoms with Crippen molar-refractivity contribution in [1.29, 1.82) is 0 Å². The molecular formula is C5H6N2O. The van der Waals surface area contributed by atoms with Gasteiger partial charge in [-0.25, -0.2) is 0 Å². The summed E-state index contributed by atoms with van der Waals surface area (Å²) in [7, 11) is 0. The minimum atomic E-state index is -0.0556. The first-order chi connectivity index (χ1) is 3.84. The first kappa shape index (κ1) is 5.21. The molecule has 0 radical (unpaired) electrons. The molecule has 0 aromatic rings. The van der Waals surface area contributed by atoms with Gasteiger partial charge in [-0.15, -0.1) is 0 Å². The molecule has 0 saturated carbocycles. The lowest BCUT2D eigenvalue weighted by atomic mass is 10.6. The van der Waals surface area contributed by atoms with Crippen molar-refractivity contribution in [3.8, 4) is 0 Å². The normalized spacial score (nSPS) is 25.6. The van der Waals surface area contributed by atoms with E-state index in [1.165, 1.54) is 18.5 Å². The first-order valence-corrected chi connectivity index (χ1v) is 2.25. The highest BCUT2D eigenvalue weighted by Gasteiger charge is 2.03. The van der Waals surface area contributed by atoms with Crippen molar-refractivity contribution in [2.45, 2.75) is 0 Å². The van der Waals surface area contributed by atoms with Crippen LogP contribution < -0.4 is 5.06 Å². The van der Waals surface area contributed by atoms with E-state index >= 15 is 0 Å². The van der Waals surface area contributed by atoms with E-state index in [0.29, 0.717) is 5.84 Å². The molecule has 1 aliphatic rings. The standard InChI is InChI=1S/C5H6N2O/c1-2-5-6-3-4-7(5)8/h2-4,7H,1H2. The lowest BCUT2D eigenvalue weighted by Crippen LogP contribution is -3.03. The van der Waals surface area contributed by atoms with Crippen LogP contribution in [0, 0.1) is 5.21 Å². The van der Waals surface area contributed by atoms with Crippen molar-refractivity contribution < 1.29 is 5.06 Å². The van der Waals surface area contributed by atoms with Crippen LogP contribution in [0.3, 0.4) is 0 Å². The number of nitrogens with one attached hydrogen (secondary N) is 1. The van der Waals surface area contributed by atoms with Crippen molar-refractivity contribution in [3.05, 3.63) is 30.3 Å². The molecule has 0 bridgehead atoms. The number of hydroxylamine groups is 2. The average Bonchev–Trinajstić information content (AvgIpc) is 2.14. The fourth-order valence-corrected chi connectivity index (χ4v) is 0.488. The maximum Gasteiger partial charge on any atom is 0.230 e. The molecular weight excluding hydrogens is 104 g/mol. The van der Waals surface area contributed by atoms with E-state index < -0.39 is 0 Å². The molecule has 0 saturated heterocycles. The molecule has 0 spiro atoms. The van der Waals surface area contributed by atoms with Gasteiger partial charge >= 0.3 is 0 Å². The van der Waals surface area contributed by atoms with Crippen LogP contribution in [0.5, 0.6) is 0 Å². The van der Waals surface area contributed by atoms with Crippen LogP contribution in [-0.2, 0) is 0 Å². The van der Waals surface area contributed by atoms with Gasteiger partial charge in [0.15, 0.2) is 0 Å². The summed E-state index contributed by atoms with van der Waals surface area (Å²) < 4.78 is 0. The summed E-state index contributed by atoms with van der Waals surface area (Å²) in [4.78, 5) is 3.70. The molecule has 3 heteroatoms. The molecule has 1 N–H and O–H groups in total. The van der Waals surface area contributed by atoms with Gasteiger partial charge in [-0.05, 0) is 0 Å². The van der Waals surface area contributed by atoms with Gasteiger partial charge in [0, 0.05) is 6.08 Å². The number of rotatable bonds is 1. The largest absolute Gasteiger partial charge is 0.623 e. The fourth-order valence-electron chi connectivity index (χ4n) is 0.488. The second-order valence-electron chi connectivity index (χ2n) is 1.40. The van der Waals surface area contributed by atoms with Crippen LogP contribution in [0.2, 0.25) is 0 Å². The van der Waals surface area contributed by atoms with Gasteiger partial charge in [-0.3, -0.25) is 5.06 Å². The third-order valence-electron chi connectivity index (χ3n) is 0.885. The summed E-state index contributed by atoms with van der Waals surface area (Å²) in [5, 5.41) is 10.5. The van der Waals surface area contributed by atoms with E-state index in [9.17, 15) is 5.21 Å². The number of hydrogen-bond donors (Lipinski definition) is 1. The van der Waals surface area contributed by atoms with Gasteiger partial charge in [0.2, 0.25) is 5.84 Å². The van der Waals surface area contributed by atoms with Gasteiger partial charge in [0.1, 0.15) is 6.20 Å². The molecule has 1 aliphatic heterocycles. The predicted octanol–water partition coefficient (Wildman–Crippen LogP) is -0.562. The molecule has 3 nitrogen and oxygen atoms in total. The third kappa shape index (κ3) is 0.685. The third-order valence-corrected chi connectivity index (χ3v) is 0.885. The summed E-state index contributed by atoms with van der Waals surface area (Å²) in [5.41, 5.74) is 0. The van der Waals surface area contributed by atoms with Gasteiger partial charge in [0.25, 0.3) is 0 Å². The van der Waals surface area contributed by atoms with Crippen LogP contribution in [0.25, 0.3) is 0 Å². The van der Waals surface area contributed by atoms with Crippen molar-refractivity contribution in [2.75, 3.05) is 0 Å². The zero-order chi connectivity index (χ0) is 5.98. The Hall–Kier alpha value is -0.930. The Balaban J connectivity index is 2.72. The maximum absolute atomic E-state index is 10.5. The van der Waals surface area contributed by atoms with E-state index in [4.69, 9.17) is 0 Å². The van der Waals surface area contributed by atoms with E-state index in [1.807, 2.05) is 0 Å². The molecule has 1 atom stereocenters. The highest BCUT2D eigenvalue weighted by Crippen LogP contribution is 1.79. The van der Waals surface area contributed by atoms with Crippen molar-refractivity contribution >= 4 is 5.84 Å². The Morgan fingerprint density at radius 3 is 2.88 bits per heavy atom. The molecule has 1 unspecified atom stereocenters. The lowest BCUT2D eigenvalue weighted by molar-refractivity contribution is -0.679. The monoisotopic (exact) mass is 110 g/mol. The molecule has 0 amide bonds. The van der Waals surface area contributed by atoms with Crippen LogP contribution >= 0.6 is 0 Å². The summed E-state index contributed by atoms with van der Waals surface area (Å²) in [6, 6.07) is 0. The molecule has 8 heavy (non-hydrogen) atoms. The maximum atomic E-state index is 10.5. The molecule has 0 aliphatic carbocycles. The Labute approximate surface area is 47.2 Å². The molecule has 0 aromatic carbocycles. The molecule has 0 fully saturated rings. The summed E-state index contributed by atoms with van der Waals surface area (Å²) in [5.74, 6) is 0.435. The van der Waals surface area contributed by atoms with Crippen molar-refractivity contribution in [2.24, 2.45) is 4.99 Å². The first-order valence-electron chi connectivity index (χ1n) is 2.25. The summed E-state index contributed by atoms with van der Waals surface area (Å²) in [6.45, 7) is 3.40. The highest BCUT2D eigenvalue weighted by molar-refractivity contribution is 5.86. The quantitative estimate of drug-likeness (QED) is 0.451. The number of quaternary nitrogens is 1. The van der Waals surface area contributed by atoms with Crippen LogP contribution in [0.15, 0.2) is 30.0 Å². The van der Waals surface area contributed by atoms with Crippen LogP contribution in [0.1, 0.15) is 0 Å². The summed E-state index contributed by atoms with van der Waals surface area (Å²) in [6.07, 6.45) is 4.33. The topological polar surface area (TPSA) is 39.9 Å². The Bertz CT molecular complexity index is 160. The van der Waals surface area contributed by atoms with Gasteiger partial charge in [0.05, 0.1) is 6.20 Å². The fraction of sp³-hybridized carbons (Fsp3) is 0. The molecule has 1 heterocycles. The number of hydrogen-bond acceptors (Lipinski definition) is 2. The zero-order valence-electron chi connectivity index (χ0n) is 4.29. The van der Waals surface area contributed by atoms with E-state index in [2.05, 4.69) is 11.6 Å². The number of aliphatic imine (C=N–C) groups is 1. The smallest absolute Gasteiger partial charge is 0.230 e. The SMILES string of the molecule is C=CC1=NC=C[NH+]1[O-]. The highest BCUT2D eigenvalue weighted by atomic mass is 16.5. The second kappa shape index (κ2) is 1.90. The van der Waals surface area contributed by atoms with Gasteiger partial charge in [-0.1, -0.05) is 6.58 Å². The zero-order valence-corrected chi connectivity index (χ0v) is 4.29. The van der Waals surface area contributed by atoms with Crippen LogP contribution in [0.4, 0.5) is 0 Å². The van der Waals surface area contributed by atoms with Crippen molar-refractivity contribution in [1.82, 2.24) is 0 Å². The van der Waals surface area contributed by atoms with Crippen molar-refractivity contribution in [3.63, 3.8) is 0 Å². The molecule has 0 aromatic heterocycles. The second-order valence-corrected chi connectivity index (χ2v) is 1.40. The Kier molecular flexibility index (Phi) is 1.24. The number of amidine groups is 1. The van der Waals surface area contributed by atoms with E-state index in [1.54, 1.807) is 0 Å². The van der Waals surface area contributed by atoms with E-state index in [0.717, 1.165) is 0 Å². The van der Waals surface area contributed by atoms with Gasteiger partial charge < -0.3 is 5.21 Å². The van der Waals surface area contributed by atoms with E-state index in [-0.39, 0.29) is 5.06 Å². The average molecular weight is 110 g/mol. The Morgan fingerprint density at radius 1 is 1.88 bits per heavy atom. The summed E-state index contributed by atoms with van der Waals surface area (Å²) >= 11 is 0. The molecule has 1 rings (SSSR count). The lowest BCUT2D eigenvalue weighted by Gasteiger charge is -2.09.